The van der Waals surface area contributed by atoms with Crippen LogP contribution < -0.4 is 4.74 Å². The van der Waals surface area contributed by atoms with E-state index < -0.39 is 0 Å². The van der Waals surface area contributed by atoms with Crippen molar-refractivity contribution in [2.24, 2.45) is 0 Å². The molecule has 0 bridgehead atoms. The molecule has 0 aliphatic carbocycles. The van der Waals surface area contributed by atoms with E-state index in [2.05, 4.69) is 51.8 Å². The largest absolute Gasteiger partial charge is 0.487 e. The zero-order valence-electron chi connectivity index (χ0n) is 8.22. The Kier molecular flexibility index (Phi) is 5.04. The molecule has 1 aromatic rings. The van der Waals surface area contributed by atoms with Gasteiger partial charge in [-0.1, -0.05) is 6.58 Å². The lowest BCUT2D eigenvalue weighted by Crippen LogP contribution is -2.01. The first-order valence-electron chi connectivity index (χ1n) is 4.26. The van der Waals surface area contributed by atoms with Gasteiger partial charge in [0.05, 0.1) is 7.14 Å². The molecule has 0 saturated heterocycles. The Labute approximate surface area is 116 Å². The van der Waals surface area contributed by atoms with Crippen LogP contribution in [0.5, 0.6) is 5.75 Å². The van der Waals surface area contributed by atoms with Crippen molar-refractivity contribution < 1.29 is 9.53 Å². The van der Waals surface area contributed by atoms with Crippen LogP contribution in [0.15, 0.2) is 24.3 Å². The number of carbonyl (C=O) groups excluding carboxylic acids is 1. The highest BCUT2D eigenvalue weighted by Gasteiger charge is 2.08. The summed E-state index contributed by atoms with van der Waals surface area (Å²) in [6.45, 7) is 6.20. The standard InChI is InChI=1S/C11H10I2O2/c1-7(2)6-15-11-9(12)3-8(5-14)4-10(11)13/h3-5H,1,6H2,2H3. The molecule has 0 spiro atoms. The van der Waals surface area contributed by atoms with Crippen molar-refractivity contribution in [2.45, 2.75) is 6.92 Å². The summed E-state index contributed by atoms with van der Waals surface area (Å²) in [6, 6.07) is 3.62. The summed E-state index contributed by atoms with van der Waals surface area (Å²) in [4.78, 5) is 10.6. The maximum absolute atomic E-state index is 10.6. The number of hydrogen-bond acceptors (Lipinski definition) is 2. The van der Waals surface area contributed by atoms with E-state index in [4.69, 9.17) is 4.74 Å². The summed E-state index contributed by atoms with van der Waals surface area (Å²) in [5, 5.41) is 0. The molecule has 0 aromatic heterocycles. The molecule has 0 aliphatic rings. The fourth-order valence-electron chi connectivity index (χ4n) is 0.981. The molecule has 0 aliphatic heterocycles. The minimum Gasteiger partial charge on any atom is -0.487 e. The van der Waals surface area contributed by atoms with Crippen molar-refractivity contribution in [3.8, 4) is 5.75 Å². The molecular weight excluding hydrogens is 418 g/mol. The van der Waals surface area contributed by atoms with Crippen molar-refractivity contribution in [2.75, 3.05) is 6.61 Å². The number of aldehydes is 1. The summed E-state index contributed by atoms with van der Waals surface area (Å²) in [5.41, 5.74) is 1.65. The van der Waals surface area contributed by atoms with Crippen LogP contribution in [-0.2, 0) is 0 Å². The molecule has 4 heteroatoms. The molecule has 0 saturated carbocycles. The van der Waals surface area contributed by atoms with Crippen LogP contribution in [0.3, 0.4) is 0 Å². The van der Waals surface area contributed by atoms with Crippen molar-refractivity contribution in [3.63, 3.8) is 0 Å². The highest BCUT2D eigenvalue weighted by Crippen LogP contribution is 2.28. The average Bonchev–Trinajstić information content (AvgIpc) is 2.15. The quantitative estimate of drug-likeness (QED) is 0.416. The van der Waals surface area contributed by atoms with Crippen LogP contribution in [0.1, 0.15) is 17.3 Å². The van der Waals surface area contributed by atoms with Crippen molar-refractivity contribution in [1.29, 1.82) is 0 Å². The number of carbonyl (C=O) groups is 1. The van der Waals surface area contributed by atoms with Gasteiger partial charge >= 0.3 is 0 Å². The van der Waals surface area contributed by atoms with Crippen LogP contribution in [0.2, 0.25) is 0 Å². The molecule has 0 atom stereocenters. The molecular formula is C11H10I2O2. The third kappa shape index (κ3) is 3.75. The molecule has 1 aromatic carbocycles. The Morgan fingerprint density at radius 2 is 2.00 bits per heavy atom. The first-order chi connectivity index (χ1) is 7.04. The Morgan fingerprint density at radius 1 is 1.47 bits per heavy atom. The van der Waals surface area contributed by atoms with Crippen molar-refractivity contribution >= 4 is 51.5 Å². The first kappa shape index (κ1) is 13.0. The molecule has 15 heavy (non-hydrogen) atoms. The van der Waals surface area contributed by atoms with Crippen LogP contribution in [0.25, 0.3) is 0 Å². The van der Waals surface area contributed by atoms with Gasteiger partial charge < -0.3 is 4.74 Å². The van der Waals surface area contributed by atoms with Gasteiger partial charge in [0.1, 0.15) is 18.6 Å². The van der Waals surface area contributed by atoms with Gasteiger partial charge in [-0.3, -0.25) is 4.79 Å². The average molecular weight is 428 g/mol. The first-order valence-corrected chi connectivity index (χ1v) is 6.41. The molecule has 0 heterocycles. The van der Waals surface area contributed by atoms with Crippen molar-refractivity contribution in [3.05, 3.63) is 37.0 Å². The van der Waals surface area contributed by atoms with E-state index in [1.165, 1.54) is 0 Å². The number of rotatable bonds is 4. The predicted molar refractivity (Wildman–Crippen MR) is 77.6 cm³/mol. The lowest BCUT2D eigenvalue weighted by atomic mass is 10.2. The molecule has 80 valence electrons. The van der Waals surface area contributed by atoms with Gasteiger partial charge in [0.2, 0.25) is 0 Å². The van der Waals surface area contributed by atoms with E-state index in [-0.39, 0.29) is 0 Å². The number of hydrogen-bond donors (Lipinski definition) is 0. The molecule has 0 radical (unpaired) electrons. The Balaban J connectivity index is 2.97. The fourth-order valence-corrected chi connectivity index (χ4v) is 3.11. The summed E-state index contributed by atoms with van der Waals surface area (Å²) in [6.07, 6.45) is 0.840. The maximum atomic E-state index is 10.6. The third-order valence-corrected chi connectivity index (χ3v) is 3.22. The van der Waals surface area contributed by atoms with Gasteiger partial charge in [-0.25, -0.2) is 0 Å². The van der Waals surface area contributed by atoms with Crippen molar-refractivity contribution in [1.82, 2.24) is 0 Å². The highest BCUT2D eigenvalue weighted by atomic mass is 127. The summed E-state index contributed by atoms with van der Waals surface area (Å²) >= 11 is 4.33. The topological polar surface area (TPSA) is 26.3 Å². The van der Waals surface area contributed by atoms with E-state index in [9.17, 15) is 4.79 Å². The van der Waals surface area contributed by atoms with Crippen LogP contribution >= 0.6 is 45.2 Å². The second-order valence-electron chi connectivity index (χ2n) is 3.18. The second-order valence-corrected chi connectivity index (χ2v) is 5.50. The monoisotopic (exact) mass is 428 g/mol. The van der Waals surface area contributed by atoms with E-state index in [1.54, 1.807) is 0 Å². The molecule has 1 rings (SSSR count). The fraction of sp³-hybridized carbons (Fsp3) is 0.182. The predicted octanol–water partition coefficient (Wildman–Crippen LogP) is 3.66. The van der Waals surface area contributed by atoms with Crippen LogP contribution in [0.4, 0.5) is 0 Å². The van der Waals surface area contributed by atoms with E-state index in [0.717, 1.165) is 24.7 Å². The van der Waals surface area contributed by atoms with Gasteiger partial charge in [0.15, 0.2) is 0 Å². The van der Waals surface area contributed by atoms with Crippen LogP contribution in [0, 0.1) is 7.14 Å². The summed E-state index contributed by atoms with van der Waals surface area (Å²) in [7, 11) is 0. The zero-order valence-corrected chi connectivity index (χ0v) is 12.5. The SMILES string of the molecule is C=C(C)COc1c(I)cc(C=O)cc1I. The van der Waals surface area contributed by atoms with Gasteiger partial charge in [0, 0.05) is 5.56 Å². The molecule has 0 amide bonds. The molecule has 2 nitrogen and oxygen atoms in total. The minimum absolute atomic E-state index is 0.506. The maximum Gasteiger partial charge on any atom is 0.150 e. The molecule has 0 N–H and O–H groups in total. The Bertz CT molecular complexity index is 377. The highest BCUT2D eigenvalue weighted by molar-refractivity contribution is 14.1. The minimum atomic E-state index is 0.506. The molecule has 0 unspecified atom stereocenters. The number of benzene rings is 1. The van der Waals surface area contributed by atoms with Gasteiger partial charge in [-0.05, 0) is 69.8 Å². The smallest absolute Gasteiger partial charge is 0.150 e. The number of halogens is 2. The Hall–Kier alpha value is -0.110. The van der Waals surface area contributed by atoms with Gasteiger partial charge in [0.25, 0.3) is 0 Å². The van der Waals surface area contributed by atoms with E-state index in [0.29, 0.717) is 12.2 Å². The second kappa shape index (κ2) is 5.83. The lowest BCUT2D eigenvalue weighted by molar-refractivity contribution is 0.112. The third-order valence-electron chi connectivity index (χ3n) is 1.62. The van der Waals surface area contributed by atoms with Gasteiger partial charge in [-0.15, -0.1) is 0 Å². The van der Waals surface area contributed by atoms with E-state index >= 15 is 0 Å². The summed E-state index contributed by atoms with van der Waals surface area (Å²) in [5.74, 6) is 0.824. The van der Waals surface area contributed by atoms with E-state index in [1.807, 2.05) is 19.1 Å². The lowest BCUT2D eigenvalue weighted by Gasteiger charge is -2.10. The summed E-state index contributed by atoms with van der Waals surface area (Å²) < 4.78 is 7.49. The zero-order chi connectivity index (χ0) is 11.4. The van der Waals surface area contributed by atoms with Gasteiger partial charge in [-0.2, -0.15) is 0 Å². The Morgan fingerprint density at radius 3 is 2.40 bits per heavy atom. The number of ether oxygens (including phenoxy) is 1. The normalized spacial score (nSPS) is 9.80. The molecule has 0 fully saturated rings. The van der Waals surface area contributed by atoms with Crippen LogP contribution in [-0.4, -0.2) is 12.9 Å².